The van der Waals surface area contributed by atoms with Crippen LogP contribution < -0.4 is 10.5 Å². The van der Waals surface area contributed by atoms with Crippen LogP contribution in [0.2, 0.25) is 5.02 Å². The molecule has 3 N–H and O–H groups in total. The molecule has 2 aromatic rings. The number of nitrogen functional groups attached to an aromatic ring is 1. The van der Waals surface area contributed by atoms with E-state index in [1.54, 1.807) is 30.1 Å². The van der Waals surface area contributed by atoms with Gasteiger partial charge < -0.3 is 5.73 Å². The van der Waals surface area contributed by atoms with Gasteiger partial charge in [0.1, 0.15) is 10.7 Å². The summed E-state index contributed by atoms with van der Waals surface area (Å²) in [5.74, 6) is -0.761. The lowest BCUT2D eigenvalue weighted by Gasteiger charge is -2.15. The van der Waals surface area contributed by atoms with Crippen molar-refractivity contribution in [1.82, 2.24) is 14.5 Å². The van der Waals surface area contributed by atoms with Crippen molar-refractivity contribution in [3.8, 4) is 0 Å². The molecular weight excluding hydrogens is 319 g/mol. The molecule has 1 heterocycles. The number of nitrogens with two attached hydrogens (primary N) is 1. The van der Waals surface area contributed by atoms with Crippen LogP contribution in [0.25, 0.3) is 0 Å². The lowest BCUT2D eigenvalue weighted by molar-refractivity contribution is 0.494. The van der Waals surface area contributed by atoms with Gasteiger partial charge in [-0.05, 0) is 25.1 Å². The molecule has 1 aromatic carbocycles. The van der Waals surface area contributed by atoms with Gasteiger partial charge in [0.15, 0.2) is 0 Å². The van der Waals surface area contributed by atoms with Crippen LogP contribution in [0.1, 0.15) is 6.92 Å². The summed E-state index contributed by atoms with van der Waals surface area (Å²) >= 11 is 5.78. The Kier molecular flexibility index (Phi) is 4.50. The lowest BCUT2D eigenvalue weighted by atomic mass is 10.3. The molecule has 1 atom stereocenters. The molecule has 0 amide bonds. The number of benzene rings is 1. The van der Waals surface area contributed by atoms with Gasteiger partial charge in [-0.15, -0.1) is 0 Å². The Morgan fingerprint density at radius 3 is 2.86 bits per heavy atom. The second kappa shape index (κ2) is 6.00. The number of aromatic nitrogens is 2. The quantitative estimate of drug-likeness (QED) is 0.814. The maximum atomic E-state index is 13.2. The number of nitrogens with one attached hydrogen (secondary N) is 1. The van der Waals surface area contributed by atoms with Crippen molar-refractivity contribution in [2.45, 2.75) is 24.4 Å². The predicted molar refractivity (Wildman–Crippen MR) is 77.8 cm³/mol. The van der Waals surface area contributed by atoms with Gasteiger partial charge in [-0.2, -0.15) is 5.10 Å². The van der Waals surface area contributed by atoms with Gasteiger partial charge in [-0.1, -0.05) is 11.6 Å². The molecule has 2 rings (SSSR count). The molecule has 1 unspecified atom stereocenters. The minimum Gasteiger partial charge on any atom is -0.396 e. The number of anilines is 1. The Hall–Kier alpha value is -1.64. The molecule has 0 aliphatic rings. The monoisotopic (exact) mass is 332 g/mol. The normalized spacial score (nSPS) is 13.3. The first-order valence-electron chi connectivity index (χ1n) is 6.04. The summed E-state index contributed by atoms with van der Waals surface area (Å²) < 4.78 is 41.8. The van der Waals surface area contributed by atoms with Gasteiger partial charge in [0.2, 0.25) is 10.0 Å². The summed E-state index contributed by atoms with van der Waals surface area (Å²) in [6.45, 7) is 2.03. The third kappa shape index (κ3) is 3.72. The summed E-state index contributed by atoms with van der Waals surface area (Å²) in [5.41, 5.74) is 5.11. The van der Waals surface area contributed by atoms with Crippen LogP contribution in [0.5, 0.6) is 0 Å². The largest absolute Gasteiger partial charge is 0.396 e. The number of hydrogen-bond acceptors (Lipinski definition) is 4. The number of sulfonamides is 1. The van der Waals surface area contributed by atoms with E-state index in [-0.39, 0.29) is 15.6 Å². The summed E-state index contributed by atoms with van der Waals surface area (Å²) in [7, 11) is -3.90. The number of halogens is 2. The van der Waals surface area contributed by atoms with E-state index >= 15 is 0 Å². The first-order valence-corrected chi connectivity index (χ1v) is 7.90. The summed E-state index contributed by atoms with van der Waals surface area (Å²) in [6, 6.07) is 3.18. The minimum atomic E-state index is -3.90. The number of nitrogens with zero attached hydrogens (tertiary/aromatic N) is 2. The molecule has 6 nitrogen and oxygen atoms in total. The molecule has 0 aliphatic carbocycles. The van der Waals surface area contributed by atoms with E-state index < -0.39 is 21.9 Å². The van der Waals surface area contributed by atoms with Gasteiger partial charge >= 0.3 is 0 Å². The second-order valence-corrected chi connectivity index (χ2v) is 6.64. The fraction of sp³-hybridized carbons (Fsp3) is 0.250. The van der Waals surface area contributed by atoms with Crippen molar-refractivity contribution >= 4 is 27.3 Å². The average molecular weight is 333 g/mol. The van der Waals surface area contributed by atoms with Crippen LogP contribution in [-0.2, 0) is 16.6 Å². The average Bonchev–Trinajstić information content (AvgIpc) is 2.85. The highest BCUT2D eigenvalue weighted by atomic mass is 35.5. The van der Waals surface area contributed by atoms with E-state index in [4.69, 9.17) is 17.3 Å². The zero-order valence-electron chi connectivity index (χ0n) is 11.1. The van der Waals surface area contributed by atoms with Crippen LogP contribution in [-0.4, -0.2) is 24.2 Å². The van der Waals surface area contributed by atoms with Crippen molar-refractivity contribution in [1.29, 1.82) is 0 Å². The fourth-order valence-corrected chi connectivity index (χ4v) is 3.59. The molecule has 0 bridgehead atoms. The zero-order valence-corrected chi connectivity index (χ0v) is 12.7. The van der Waals surface area contributed by atoms with Crippen LogP contribution >= 0.6 is 11.6 Å². The molecule has 0 saturated heterocycles. The van der Waals surface area contributed by atoms with Crippen molar-refractivity contribution < 1.29 is 12.8 Å². The molecule has 0 aliphatic heterocycles. The van der Waals surface area contributed by atoms with Crippen LogP contribution in [0, 0.1) is 5.82 Å². The Morgan fingerprint density at radius 1 is 1.52 bits per heavy atom. The van der Waals surface area contributed by atoms with Gasteiger partial charge in [-0.3, -0.25) is 4.68 Å². The highest BCUT2D eigenvalue weighted by molar-refractivity contribution is 7.89. The first kappa shape index (κ1) is 15.7. The van der Waals surface area contributed by atoms with Crippen molar-refractivity contribution in [3.63, 3.8) is 0 Å². The van der Waals surface area contributed by atoms with E-state index in [9.17, 15) is 12.8 Å². The molecule has 0 saturated carbocycles. The molecule has 114 valence electrons. The minimum absolute atomic E-state index is 0.222. The van der Waals surface area contributed by atoms with E-state index in [2.05, 4.69) is 9.82 Å². The molecule has 1 aromatic heterocycles. The smallest absolute Gasteiger partial charge is 0.242 e. The van der Waals surface area contributed by atoms with E-state index in [1.807, 2.05) is 0 Å². The first-order chi connectivity index (χ1) is 9.79. The SMILES string of the molecule is CC(Cn1cccn1)NS(=O)(=O)c1cc(N)c(F)cc1Cl. The molecule has 0 radical (unpaired) electrons. The van der Waals surface area contributed by atoms with E-state index in [0.717, 1.165) is 12.1 Å². The van der Waals surface area contributed by atoms with E-state index in [1.165, 1.54) is 0 Å². The van der Waals surface area contributed by atoms with Crippen LogP contribution in [0.4, 0.5) is 10.1 Å². The number of hydrogen-bond donors (Lipinski definition) is 2. The molecular formula is C12H14ClFN4O2S. The van der Waals surface area contributed by atoms with Crippen molar-refractivity contribution in [2.75, 3.05) is 5.73 Å². The highest BCUT2D eigenvalue weighted by Gasteiger charge is 2.22. The summed E-state index contributed by atoms with van der Waals surface area (Å²) in [4.78, 5) is -0.254. The molecule has 9 heteroatoms. The predicted octanol–water partition coefficient (Wildman–Crippen LogP) is 1.62. The van der Waals surface area contributed by atoms with E-state index in [0.29, 0.717) is 6.54 Å². The fourth-order valence-electron chi connectivity index (χ4n) is 1.81. The Bertz CT molecular complexity index is 734. The number of rotatable bonds is 5. The van der Waals surface area contributed by atoms with Crippen molar-refractivity contribution in [3.05, 3.63) is 41.4 Å². The molecule has 0 spiro atoms. The zero-order chi connectivity index (χ0) is 15.6. The lowest BCUT2D eigenvalue weighted by Crippen LogP contribution is -2.36. The summed E-state index contributed by atoms with van der Waals surface area (Å²) in [6.07, 6.45) is 3.31. The third-order valence-corrected chi connectivity index (χ3v) is 4.77. The van der Waals surface area contributed by atoms with Crippen LogP contribution in [0.15, 0.2) is 35.5 Å². The molecule has 21 heavy (non-hydrogen) atoms. The topological polar surface area (TPSA) is 90.0 Å². The maximum absolute atomic E-state index is 13.2. The second-order valence-electron chi connectivity index (χ2n) is 4.55. The van der Waals surface area contributed by atoms with Gasteiger partial charge in [0.25, 0.3) is 0 Å². The van der Waals surface area contributed by atoms with Crippen molar-refractivity contribution in [2.24, 2.45) is 0 Å². The Balaban J connectivity index is 2.20. The molecule has 0 fully saturated rings. The summed E-state index contributed by atoms with van der Waals surface area (Å²) in [5, 5.41) is 3.77. The third-order valence-electron chi connectivity index (χ3n) is 2.72. The van der Waals surface area contributed by atoms with Gasteiger partial charge in [-0.25, -0.2) is 17.5 Å². The Labute approximate surface area is 126 Å². The van der Waals surface area contributed by atoms with Gasteiger partial charge in [0, 0.05) is 18.4 Å². The van der Waals surface area contributed by atoms with Crippen LogP contribution in [0.3, 0.4) is 0 Å². The standard InChI is InChI=1S/C12H14ClFN4O2S/c1-8(7-18-4-2-3-16-18)17-21(19,20)12-6-11(15)10(14)5-9(12)13/h2-6,8,17H,7,15H2,1H3. The van der Waals surface area contributed by atoms with Gasteiger partial charge in [0.05, 0.1) is 17.3 Å². The maximum Gasteiger partial charge on any atom is 0.242 e. The highest BCUT2D eigenvalue weighted by Crippen LogP contribution is 2.26. The Morgan fingerprint density at radius 2 is 2.24 bits per heavy atom.